The first-order valence-corrected chi connectivity index (χ1v) is 10.2. The number of ether oxygens (including phenoxy) is 1. The number of hydrogen-bond acceptors (Lipinski definition) is 2. The summed E-state index contributed by atoms with van der Waals surface area (Å²) in [7, 11) is 0.171. The van der Waals surface area contributed by atoms with Crippen LogP contribution >= 0.6 is 0 Å². The molecule has 1 aromatic carbocycles. The highest BCUT2D eigenvalue weighted by Gasteiger charge is 2.24. The molecule has 0 aliphatic rings. The first kappa shape index (κ1) is 15.7. The molecule has 0 radical (unpaired) electrons. The maximum absolute atomic E-state index is 11.8. The van der Waals surface area contributed by atoms with Crippen LogP contribution in [0.3, 0.4) is 0 Å². The first-order chi connectivity index (χ1) is 8.85. The van der Waals surface area contributed by atoms with Crippen molar-refractivity contribution in [2.24, 2.45) is 5.92 Å². The second-order valence-corrected chi connectivity index (χ2v) is 11.0. The van der Waals surface area contributed by atoms with E-state index in [4.69, 9.17) is 4.74 Å². The number of methoxy groups -OCH3 is 1. The molecule has 104 valence electrons. The predicted octanol–water partition coefficient (Wildman–Crippen LogP) is 4.01. The predicted molar refractivity (Wildman–Crippen MR) is 82.8 cm³/mol. The molecule has 0 aliphatic heterocycles. The molecule has 0 amide bonds. The fraction of sp³-hybridized carbons (Fsp3) is 0.438. The van der Waals surface area contributed by atoms with Crippen LogP contribution in [0.2, 0.25) is 19.6 Å². The van der Waals surface area contributed by atoms with E-state index in [9.17, 15) is 4.79 Å². The van der Waals surface area contributed by atoms with Crippen LogP contribution in [0.4, 0.5) is 0 Å². The molecule has 0 spiro atoms. The van der Waals surface area contributed by atoms with Gasteiger partial charge in [-0.05, 0) is 5.56 Å². The van der Waals surface area contributed by atoms with Gasteiger partial charge in [-0.2, -0.15) is 0 Å². The zero-order valence-electron chi connectivity index (χ0n) is 12.5. The normalized spacial score (nSPS) is 15.2. The van der Waals surface area contributed by atoms with Crippen LogP contribution in [0, 0.1) is 5.92 Å². The van der Waals surface area contributed by atoms with Crippen LogP contribution in [-0.2, 0) is 9.53 Å². The molecule has 0 bridgehead atoms. The van der Waals surface area contributed by atoms with E-state index in [-0.39, 0.29) is 17.8 Å². The van der Waals surface area contributed by atoms with Gasteiger partial charge >= 0.3 is 5.97 Å². The van der Waals surface area contributed by atoms with Gasteiger partial charge in [0.25, 0.3) is 0 Å². The number of benzene rings is 1. The molecule has 0 aromatic heterocycles. The fourth-order valence-corrected chi connectivity index (χ4v) is 2.75. The maximum atomic E-state index is 11.8. The average molecular weight is 276 g/mol. The lowest BCUT2D eigenvalue weighted by molar-refractivity contribution is -0.145. The monoisotopic (exact) mass is 276 g/mol. The van der Waals surface area contributed by atoms with E-state index in [0.29, 0.717) is 0 Å². The van der Waals surface area contributed by atoms with E-state index in [1.165, 1.54) is 7.11 Å². The second kappa shape index (κ2) is 6.71. The van der Waals surface area contributed by atoms with Gasteiger partial charge in [0, 0.05) is 5.92 Å². The van der Waals surface area contributed by atoms with Gasteiger partial charge in [0.15, 0.2) is 0 Å². The number of carbonyl (C=O) groups excluding carboxylic acids is 1. The van der Waals surface area contributed by atoms with E-state index in [1.807, 2.05) is 25.1 Å². The van der Waals surface area contributed by atoms with Gasteiger partial charge < -0.3 is 4.74 Å². The zero-order chi connectivity index (χ0) is 14.5. The largest absolute Gasteiger partial charge is 0.469 e. The molecular formula is C16H24O2Si. The highest BCUT2D eigenvalue weighted by atomic mass is 28.3. The van der Waals surface area contributed by atoms with Crippen molar-refractivity contribution in [3.05, 3.63) is 47.7 Å². The summed E-state index contributed by atoms with van der Waals surface area (Å²) in [6, 6.07) is 10.1. The molecule has 0 fully saturated rings. The van der Waals surface area contributed by atoms with Crippen molar-refractivity contribution in [2.45, 2.75) is 32.5 Å². The summed E-state index contributed by atoms with van der Waals surface area (Å²) in [5.74, 6) is -0.241. The topological polar surface area (TPSA) is 26.3 Å². The van der Waals surface area contributed by atoms with Crippen molar-refractivity contribution in [1.29, 1.82) is 0 Å². The second-order valence-electron chi connectivity index (χ2n) is 5.97. The van der Waals surface area contributed by atoms with Crippen LogP contribution in [-0.4, -0.2) is 21.2 Å². The number of allylic oxidation sites excluding steroid dienone is 1. The van der Waals surface area contributed by atoms with Gasteiger partial charge in [0.1, 0.15) is 0 Å². The molecule has 0 aliphatic carbocycles. The summed E-state index contributed by atoms with van der Waals surface area (Å²) < 4.78 is 4.88. The Labute approximate surface area is 117 Å². The Hall–Kier alpha value is -1.35. The highest BCUT2D eigenvalue weighted by Crippen LogP contribution is 2.27. The van der Waals surface area contributed by atoms with Gasteiger partial charge in [0.05, 0.1) is 21.1 Å². The average Bonchev–Trinajstić information content (AvgIpc) is 2.37. The molecule has 2 atom stereocenters. The fourth-order valence-electron chi connectivity index (χ4n) is 1.97. The Balaban J connectivity index is 3.05. The van der Waals surface area contributed by atoms with Gasteiger partial charge in [-0.25, -0.2) is 0 Å². The number of esters is 1. The summed E-state index contributed by atoms with van der Waals surface area (Å²) >= 11 is 0. The smallest absolute Gasteiger partial charge is 0.309 e. The molecule has 2 nitrogen and oxygen atoms in total. The molecule has 19 heavy (non-hydrogen) atoms. The Morgan fingerprint density at radius 3 is 2.26 bits per heavy atom. The Morgan fingerprint density at radius 2 is 1.79 bits per heavy atom. The molecular weight excluding hydrogens is 252 g/mol. The minimum atomic E-state index is -1.28. The van der Waals surface area contributed by atoms with Crippen LogP contribution in [0.1, 0.15) is 18.4 Å². The van der Waals surface area contributed by atoms with Crippen molar-refractivity contribution in [3.63, 3.8) is 0 Å². The van der Waals surface area contributed by atoms with E-state index in [0.717, 1.165) is 5.56 Å². The number of rotatable bonds is 5. The lowest BCUT2D eigenvalue weighted by Crippen LogP contribution is -2.21. The van der Waals surface area contributed by atoms with Crippen LogP contribution < -0.4 is 0 Å². The van der Waals surface area contributed by atoms with Gasteiger partial charge in [-0.1, -0.05) is 68.7 Å². The standard InChI is InChI=1S/C16H24O2Si/c1-13(16(17)18-2)15(11-12-19(3,4)5)14-9-7-6-8-10-14/h6-13,15H,1-5H3/b12-11+/t13-,15+/m0/s1. The maximum Gasteiger partial charge on any atom is 0.309 e. The minimum absolute atomic E-state index is 0.0837. The molecule has 0 heterocycles. The van der Waals surface area contributed by atoms with Crippen LogP contribution in [0.5, 0.6) is 0 Å². The Morgan fingerprint density at radius 1 is 1.21 bits per heavy atom. The van der Waals surface area contributed by atoms with Crippen molar-refractivity contribution in [3.8, 4) is 0 Å². The van der Waals surface area contributed by atoms with Gasteiger partial charge in [0.2, 0.25) is 0 Å². The molecule has 0 unspecified atom stereocenters. The summed E-state index contributed by atoms with van der Waals surface area (Å²) in [5.41, 5.74) is 3.46. The summed E-state index contributed by atoms with van der Waals surface area (Å²) in [4.78, 5) is 11.8. The lowest BCUT2D eigenvalue weighted by Gasteiger charge is -2.21. The van der Waals surface area contributed by atoms with E-state index < -0.39 is 8.07 Å². The quantitative estimate of drug-likeness (QED) is 0.600. The van der Waals surface area contributed by atoms with Crippen molar-refractivity contribution in [2.75, 3.05) is 7.11 Å². The van der Waals surface area contributed by atoms with Crippen molar-refractivity contribution < 1.29 is 9.53 Å². The summed E-state index contributed by atoms with van der Waals surface area (Å²) in [6.07, 6.45) is 2.18. The third-order valence-electron chi connectivity index (χ3n) is 3.10. The van der Waals surface area contributed by atoms with Crippen molar-refractivity contribution in [1.82, 2.24) is 0 Å². The molecule has 0 saturated heterocycles. The van der Waals surface area contributed by atoms with E-state index in [2.05, 4.69) is 43.5 Å². The lowest BCUT2D eigenvalue weighted by atomic mass is 9.87. The molecule has 3 heteroatoms. The van der Waals surface area contributed by atoms with Crippen molar-refractivity contribution >= 4 is 14.0 Å². The number of hydrogen-bond donors (Lipinski definition) is 0. The van der Waals surface area contributed by atoms with Crippen LogP contribution in [0.25, 0.3) is 0 Å². The first-order valence-electron chi connectivity index (χ1n) is 6.67. The van der Waals surface area contributed by atoms with Gasteiger partial charge in [-0.3, -0.25) is 4.79 Å². The SMILES string of the molecule is COC(=O)[C@@H](C)[C@@H](/C=C/[Si](C)(C)C)c1ccccc1. The summed E-state index contributed by atoms with van der Waals surface area (Å²) in [5, 5.41) is 0. The molecule has 0 saturated carbocycles. The van der Waals surface area contributed by atoms with Crippen LogP contribution in [0.15, 0.2) is 42.1 Å². The molecule has 1 rings (SSSR count). The molecule has 1 aromatic rings. The zero-order valence-corrected chi connectivity index (χ0v) is 13.5. The summed E-state index contributed by atoms with van der Waals surface area (Å²) in [6.45, 7) is 8.79. The Bertz CT molecular complexity index is 432. The molecule has 0 N–H and O–H groups in total. The number of carbonyl (C=O) groups is 1. The van der Waals surface area contributed by atoms with Gasteiger partial charge in [-0.15, -0.1) is 0 Å². The highest BCUT2D eigenvalue weighted by molar-refractivity contribution is 6.80. The van der Waals surface area contributed by atoms with E-state index >= 15 is 0 Å². The Kier molecular flexibility index (Phi) is 5.55. The third kappa shape index (κ3) is 5.03. The third-order valence-corrected chi connectivity index (χ3v) is 4.29. The van der Waals surface area contributed by atoms with E-state index in [1.54, 1.807) is 0 Å². The minimum Gasteiger partial charge on any atom is -0.469 e.